The van der Waals surface area contributed by atoms with Crippen LogP contribution in [0.25, 0.3) is 6.08 Å². The van der Waals surface area contributed by atoms with Gasteiger partial charge in [0.2, 0.25) is 12.5 Å². The van der Waals surface area contributed by atoms with E-state index in [0.717, 1.165) is 16.9 Å². The van der Waals surface area contributed by atoms with Gasteiger partial charge < -0.3 is 18.9 Å². The number of ether oxygens (including phenoxy) is 4. The van der Waals surface area contributed by atoms with Gasteiger partial charge in [-0.05, 0) is 54.5 Å². The van der Waals surface area contributed by atoms with Crippen molar-refractivity contribution < 1.29 is 23.7 Å². The number of benzene rings is 2. The van der Waals surface area contributed by atoms with Crippen molar-refractivity contribution in [2.45, 2.75) is 6.92 Å². The molecule has 2 aromatic carbocycles. The standard InChI is InChI=1S/C19H18O5/c1-12-8-14(5-7-16(12)21-2)15(20)6-4-13-9-17(22-3)19-18(10-13)23-11-24-19/h4-10H,11H2,1-3H3. The van der Waals surface area contributed by atoms with E-state index in [2.05, 4.69) is 0 Å². The Balaban J connectivity index is 1.83. The molecule has 0 N–H and O–H groups in total. The molecule has 0 radical (unpaired) electrons. The van der Waals surface area contributed by atoms with Gasteiger partial charge >= 0.3 is 0 Å². The number of hydrogen-bond acceptors (Lipinski definition) is 5. The summed E-state index contributed by atoms with van der Waals surface area (Å²) in [5.41, 5.74) is 2.33. The summed E-state index contributed by atoms with van der Waals surface area (Å²) in [6.45, 7) is 2.07. The van der Waals surface area contributed by atoms with Crippen LogP contribution < -0.4 is 18.9 Å². The second-order valence-electron chi connectivity index (χ2n) is 5.34. The molecule has 0 amide bonds. The van der Waals surface area contributed by atoms with Gasteiger partial charge in [-0.25, -0.2) is 0 Å². The molecule has 0 aromatic heterocycles. The minimum Gasteiger partial charge on any atom is -0.496 e. The molecule has 0 saturated heterocycles. The Morgan fingerprint density at radius 3 is 2.58 bits per heavy atom. The van der Waals surface area contributed by atoms with Crippen molar-refractivity contribution in [2.24, 2.45) is 0 Å². The van der Waals surface area contributed by atoms with E-state index in [1.54, 1.807) is 38.5 Å². The zero-order chi connectivity index (χ0) is 17.1. The van der Waals surface area contributed by atoms with Crippen LogP contribution in [0.15, 0.2) is 36.4 Å². The van der Waals surface area contributed by atoms with E-state index in [4.69, 9.17) is 18.9 Å². The second kappa shape index (κ2) is 6.66. The number of methoxy groups -OCH3 is 2. The van der Waals surface area contributed by atoms with Gasteiger partial charge in [-0.1, -0.05) is 6.08 Å². The first-order valence-corrected chi connectivity index (χ1v) is 7.47. The van der Waals surface area contributed by atoms with Crippen molar-refractivity contribution in [3.63, 3.8) is 0 Å². The van der Waals surface area contributed by atoms with E-state index < -0.39 is 0 Å². The van der Waals surface area contributed by atoms with E-state index in [0.29, 0.717) is 22.8 Å². The van der Waals surface area contributed by atoms with Crippen LogP contribution in [0.2, 0.25) is 0 Å². The van der Waals surface area contributed by atoms with Crippen LogP contribution in [-0.4, -0.2) is 26.8 Å². The predicted molar refractivity (Wildman–Crippen MR) is 90.2 cm³/mol. The van der Waals surface area contributed by atoms with E-state index in [-0.39, 0.29) is 12.6 Å². The van der Waals surface area contributed by atoms with Crippen molar-refractivity contribution in [2.75, 3.05) is 21.0 Å². The Morgan fingerprint density at radius 2 is 1.88 bits per heavy atom. The van der Waals surface area contributed by atoms with Crippen molar-refractivity contribution in [1.29, 1.82) is 0 Å². The third-order valence-corrected chi connectivity index (χ3v) is 3.79. The molecule has 5 heteroatoms. The van der Waals surface area contributed by atoms with Crippen LogP contribution in [0.4, 0.5) is 0 Å². The average molecular weight is 326 g/mol. The summed E-state index contributed by atoms with van der Waals surface area (Å²) in [5.74, 6) is 2.46. The van der Waals surface area contributed by atoms with Gasteiger partial charge in [0.05, 0.1) is 14.2 Å². The van der Waals surface area contributed by atoms with Gasteiger partial charge in [0.25, 0.3) is 0 Å². The number of hydrogen-bond donors (Lipinski definition) is 0. The van der Waals surface area contributed by atoms with Crippen molar-refractivity contribution in [1.82, 2.24) is 0 Å². The number of allylic oxidation sites excluding steroid dienone is 1. The molecule has 1 aliphatic rings. The SMILES string of the molecule is COc1ccc(C(=O)C=Cc2cc(OC)c3c(c2)OCO3)cc1C. The van der Waals surface area contributed by atoms with E-state index in [9.17, 15) is 4.79 Å². The summed E-state index contributed by atoms with van der Waals surface area (Å²) in [7, 11) is 3.17. The maximum absolute atomic E-state index is 12.3. The summed E-state index contributed by atoms with van der Waals surface area (Å²) in [6, 6.07) is 8.97. The van der Waals surface area contributed by atoms with Gasteiger partial charge in [0.15, 0.2) is 17.3 Å². The molecule has 5 nitrogen and oxygen atoms in total. The number of rotatable bonds is 5. The fourth-order valence-corrected chi connectivity index (χ4v) is 2.55. The molecular weight excluding hydrogens is 308 g/mol. The molecule has 124 valence electrons. The quantitative estimate of drug-likeness (QED) is 0.620. The van der Waals surface area contributed by atoms with E-state index >= 15 is 0 Å². The largest absolute Gasteiger partial charge is 0.496 e. The lowest BCUT2D eigenvalue weighted by atomic mass is 10.1. The first-order chi connectivity index (χ1) is 11.6. The lowest BCUT2D eigenvalue weighted by Gasteiger charge is -2.06. The van der Waals surface area contributed by atoms with Crippen LogP contribution in [0.1, 0.15) is 21.5 Å². The Kier molecular flexibility index (Phi) is 4.42. The third-order valence-electron chi connectivity index (χ3n) is 3.79. The van der Waals surface area contributed by atoms with Gasteiger partial charge in [0.1, 0.15) is 5.75 Å². The molecule has 0 unspecified atom stereocenters. The highest BCUT2D eigenvalue weighted by Gasteiger charge is 2.19. The van der Waals surface area contributed by atoms with Gasteiger partial charge in [-0.3, -0.25) is 4.79 Å². The summed E-state index contributed by atoms with van der Waals surface area (Å²) in [4.78, 5) is 12.3. The Labute approximate surface area is 140 Å². The van der Waals surface area contributed by atoms with Crippen molar-refractivity contribution >= 4 is 11.9 Å². The normalized spacial score (nSPS) is 12.5. The van der Waals surface area contributed by atoms with Gasteiger partial charge in [-0.15, -0.1) is 0 Å². The van der Waals surface area contributed by atoms with Gasteiger partial charge in [0, 0.05) is 5.56 Å². The molecule has 2 aromatic rings. The first-order valence-electron chi connectivity index (χ1n) is 7.47. The fraction of sp³-hybridized carbons (Fsp3) is 0.211. The average Bonchev–Trinajstić information content (AvgIpc) is 3.07. The summed E-state index contributed by atoms with van der Waals surface area (Å²) >= 11 is 0. The third kappa shape index (κ3) is 3.06. The molecule has 1 heterocycles. The van der Waals surface area contributed by atoms with Crippen LogP contribution in [0.5, 0.6) is 23.0 Å². The molecule has 0 saturated carbocycles. The van der Waals surface area contributed by atoms with Crippen molar-refractivity contribution in [3.05, 3.63) is 53.1 Å². The molecule has 0 bridgehead atoms. The van der Waals surface area contributed by atoms with Crippen LogP contribution in [0.3, 0.4) is 0 Å². The first kappa shape index (κ1) is 15.9. The highest BCUT2D eigenvalue weighted by molar-refractivity contribution is 6.07. The number of aryl methyl sites for hydroxylation is 1. The minimum absolute atomic E-state index is 0.0858. The summed E-state index contributed by atoms with van der Waals surface area (Å²) < 4.78 is 21.2. The zero-order valence-corrected chi connectivity index (χ0v) is 13.8. The molecule has 1 aliphatic heterocycles. The summed E-state index contributed by atoms with van der Waals surface area (Å²) in [5, 5.41) is 0. The molecule has 0 fully saturated rings. The lowest BCUT2D eigenvalue weighted by Crippen LogP contribution is -1.96. The van der Waals surface area contributed by atoms with Gasteiger partial charge in [-0.2, -0.15) is 0 Å². The molecule has 0 atom stereocenters. The molecule has 0 spiro atoms. The number of ketones is 1. The zero-order valence-electron chi connectivity index (χ0n) is 13.8. The maximum Gasteiger partial charge on any atom is 0.231 e. The number of carbonyl (C=O) groups is 1. The minimum atomic E-state index is -0.0858. The molecule has 0 aliphatic carbocycles. The number of fused-ring (bicyclic) bond motifs is 1. The lowest BCUT2D eigenvalue weighted by molar-refractivity contribution is 0.104. The van der Waals surface area contributed by atoms with Crippen LogP contribution in [-0.2, 0) is 0 Å². The smallest absolute Gasteiger partial charge is 0.231 e. The Morgan fingerprint density at radius 1 is 1.08 bits per heavy atom. The molecule has 3 rings (SSSR count). The molecule has 24 heavy (non-hydrogen) atoms. The number of carbonyl (C=O) groups excluding carboxylic acids is 1. The van der Waals surface area contributed by atoms with Crippen LogP contribution >= 0.6 is 0 Å². The van der Waals surface area contributed by atoms with E-state index in [1.807, 2.05) is 19.1 Å². The highest BCUT2D eigenvalue weighted by Crippen LogP contribution is 2.42. The van der Waals surface area contributed by atoms with Crippen LogP contribution in [0, 0.1) is 6.92 Å². The van der Waals surface area contributed by atoms with Crippen molar-refractivity contribution in [3.8, 4) is 23.0 Å². The monoisotopic (exact) mass is 326 g/mol. The van der Waals surface area contributed by atoms with E-state index in [1.165, 1.54) is 6.08 Å². The topological polar surface area (TPSA) is 54.0 Å². The summed E-state index contributed by atoms with van der Waals surface area (Å²) in [6.07, 6.45) is 3.25. The second-order valence-corrected chi connectivity index (χ2v) is 5.34. The highest BCUT2D eigenvalue weighted by atomic mass is 16.7. The fourth-order valence-electron chi connectivity index (χ4n) is 2.55. The Bertz CT molecular complexity index is 808. The Hall–Kier alpha value is -2.95. The molecular formula is C19H18O5. The maximum atomic E-state index is 12.3. The predicted octanol–water partition coefficient (Wildman–Crippen LogP) is 3.64.